The van der Waals surface area contributed by atoms with Gasteiger partial charge < -0.3 is 10.5 Å². The van der Waals surface area contributed by atoms with Crippen molar-refractivity contribution < 1.29 is 4.74 Å². The van der Waals surface area contributed by atoms with Gasteiger partial charge in [-0.15, -0.1) is 0 Å². The number of halogens is 1. The van der Waals surface area contributed by atoms with Crippen molar-refractivity contribution >= 4 is 15.9 Å². The van der Waals surface area contributed by atoms with Crippen molar-refractivity contribution in [1.82, 2.24) is 0 Å². The molecule has 0 aliphatic heterocycles. The van der Waals surface area contributed by atoms with Gasteiger partial charge in [-0.3, -0.25) is 0 Å². The monoisotopic (exact) mass is 283 g/mol. The van der Waals surface area contributed by atoms with E-state index in [-0.39, 0.29) is 5.54 Å². The molecule has 0 bridgehead atoms. The fourth-order valence-electron chi connectivity index (χ4n) is 2.05. The van der Waals surface area contributed by atoms with Crippen molar-refractivity contribution in [2.24, 2.45) is 5.73 Å². The summed E-state index contributed by atoms with van der Waals surface area (Å²) in [6.45, 7) is 4.34. The van der Waals surface area contributed by atoms with E-state index >= 15 is 0 Å². The molecule has 0 heterocycles. The van der Waals surface area contributed by atoms with E-state index in [1.807, 2.05) is 0 Å². The lowest BCUT2D eigenvalue weighted by atomic mass is 9.95. The first kappa shape index (κ1) is 11.9. The molecular formula is C13H18BrNO. The average Bonchev–Trinajstić information content (AvgIpc) is 2.96. The summed E-state index contributed by atoms with van der Waals surface area (Å²) >= 11 is 3.55. The number of hydrogen-bond acceptors (Lipinski definition) is 2. The Labute approximate surface area is 105 Å². The molecule has 1 fully saturated rings. The zero-order chi connectivity index (χ0) is 11.9. The van der Waals surface area contributed by atoms with E-state index in [2.05, 4.69) is 41.9 Å². The van der Waals surface area contributed by atoms with E-state index in [0.29, 0.717) is 5.92 Å². The van der Waals surface area contributed by atoms with Gasteiger partial charge in [0.05, 0.1) is 7.11 Å². The number of hydrogen-bond donors (Lipinski definition) is 1. The SMILES string of the molecule is COc1c(C(C)C)cc(Br)cc1C1(N)CC1. The van der Waals surface area contributed by atoms with Crippen LogP contribution in [0.25, 0.3) is 0 Å². The van der Waals surface area contributed by atoms with Crippen LogP contribution in [0.2, 0.25) is 0 Å². The number of nitrogens with two attached hydrogens (primary N) is 1. The summed E-state index contributed by atoms with van der Waals surface area (Å²) in [5.74, 6) is 1.41. The van der Waals surface area contributed by atoms with Crippen LogP contribution in [0, 0.1) is 0 Å². The minimum atomic E-state index is -0.154. The number of methoxy groups -OCH3 is 1. The van der Waals surface area contributed by atoms with Crippen molar-refractivity contribution in [3.05, 3.63) is 27.7 Å². The molecule has 0 amide bonds. The van der Waals surface area contributed by atoms with Crippen LogP contribution in [0.3, 0.4) is 0 Å². The first-order valence-corrected chi connectivity index (χ1v) is 6.44. The highest BCUT2D eigenvalue weighted by atomic mass is 79.9. The highest BCUT2D eigenvalue weighted by Gasteiger charge is 2.43. The van der Waals surface area contributed by atoms with Gasteiger partial charge in [0.15, 0.2) is 0 Å². The molecule has 1 aliphatic carbocycles. The van der Waals surface area contributed by atoms with Gasteiger partial charge >= 0.3 is 0 Å². The highest BCUT2D eigenvalue weighted by Crippen LogP contribution is 2.49. The Morgan fingerprint density at radius 2 is 2.00 bits per heavy atom. The summed E-state index contributed by atoms with van der Waals surface area (Å²) in [5, 5.41) is 0. The van der Waals surface area contributed by atoms with Gasteiger partial charge in [-0.2, -0.15) is 0 Å². The Kier molecular flexibility index (Phi) is 3.01. The molecule has 3 heteroatoms. The molecule has 2 nitrogen and oxygen atoms in total. The molecule has 2 rings (SSSR count). The molecule has 1 aromatic rings. The van der Waals surface area contributed by atoms with E-state index in [1.165, 1.54) is 5.56 Å². The zero-order valence-corrected chi connectivity index (χ0v) is 11.6. The molecule has 1 aromatic carbocycles. The van der Waals surface area contributed by atoms with Crippen LogP contribution in [0.5, 0.6) is 5.75 Å². The maximum atomic E-state index is 6.28. The summed E-state index contributed by atoms with van der Waals surface area (Å²) in [6, 6.07) is 4.22. The fraction of sp³-hybridized carbons (Fsp3) is 0.538. The molecule has 0 atom stereocenters. The van der Waals surface area contributed by atoms with Gasteiger partial charge in [0.25, 0.3) is 0 Å². The van der Waals surface area contributed by atoms with Crippen LogP contribution in [0.15, 0.2) is 16.6 Å². The molecule has 1 saturated carbocycles. The minimum absolute atomic E-state index is 0.154. The van der Waals surface area contributed by atoms with E-state index < -0.39 is 0 Å². The number of ether oxygens (including phenoxy) is 1. The van der Waals surface area contributed by atoms with E-state index in [0.717, 1.165) is 28.6 Å². The Bertz CT molecular complexity index is 411. The smallest absolute Gasteiger partial charge is 0.127 e. The van der Waals surface area contributed by atoms with Crippen molar-refractivity contribution in [2.45, 2.75) is 38.1 Å². The minimum Gasteiger partial charge on any atom is -0.496 e. The van der Waals surface area contributed by atoms with E-state index in [9.17, 15) is 0 Å². The predicted octanol–water partition coefficient (Wildman–Crippen LogP) is 3.53. The topological polar surface area (TPSA) is 35.2 Å². The molecule has 1 aliphatic rings. The van der Waals surface area contributed by atoms with Gasteiger partial charge in [-0.05, 0) is 36.5 Å². The summed E-state index contributed by atoms with van der Waals surface area (Å²) in [5.41, 5.74) is 8.50. The fourth-order valence-corrected chi connectivity index (χ4v) is 2.52. The van der Waals surface area contributed by atoms with Crippen LogP contribution >= 0.6 is 15.9 Å². The Morgan fingerprint density at radius 3 is 2.44 bits per heavy atom. The number of benzene rings is 1. The highest BCUT2D eigenvalue weighted by molar-refractivity contribution is 9.10. The van der Waals surface area contributed by atoms with Gasteiger partial charge in [-0.1, -0.05) is 29.8 Å². The Balaban J connectivity index is 2.59. The second-order valence-electron chi connectivity index (χ2n) is 4.89. The molecule has 0 spiro atoms. The maximum Gasteiger partial charge on any atom is 0.127 e. The third-order valence-corrected chi connectivity index (χ3v) is 3.69. The van der Waals surface area contributed by atoms with Gasteiger partial charge in [0.2, 0.25) is 0 Å². The first-order valence-electron chi connectivity index (χ1n) is 5.65. The van der Waals surface area contributed by atoms with Gasteiger partial charge in [0.1, 0.15) is 5.75 Å². The van der Waals surface area contributed by atoms with Crippen LogP contribution < -0.4 is 10.5 Å². The van der Waals surface area contributed by atoms with Crippen LogP contribution in [-0.2, 0) is 5.54 Å². The van der Waals surface area contributed by atoms with Crippen LogP contribution in [-0.4, -0.2) is 7.11 Å². The van der Waals surface area contributed by atoms with Crippen molar-refractivity contribution in [1.29, 1.82) is 0 Å². The van der Waals surface area contributed by atoms with E-state index in [4.69, 9.17) is 10.5 Å². The molecule has 0 aromatic heterocycles. The summed E-state index contributed by atoms with van der Waals surface area (Å²) in [7, 11) is 1.73. The molecule has 0 saturated heterocycles. The lowest BCUT2D eigenvalue weighted by Gasteiger charge is -2.20. The first-order chi connectivity index (χ1) is 7.48. The van der Waals surface area contributed by atoms with Crippen molar-refractivity contribution in [3.63, 3.8) is 0 Å². The van der Waals surface area contributed by atoms with Gasteiger partial charge in [-0.25, -0.2) is 0 Å². The molecule has 0 radical (unpaired) electrons. The third-order valence-electron chi connectivity index (χ3n) is 3.23. The van der Waals surface area contributed by atoms with Gasteiger partial charge in [0, 0.05) is 15.6 Å². The third kappa shape index (κ3) is 1.98. The Morgan fingerprint density at radius 1 is 1.38 bits per heavy atom. The molecule has 16 heavy (non-hydrogen) atoms. The lowest BCUT2D eigenvalue weighted by Crippen LogP contribution is -2.20. The molecule has 2 N–H and O–H groups in total. The van der Waals surface area contributed by atoms with Crippen molar-refractivity contribution in [3.8, 4) is 5.75 Å². The Hall–Kier alpha value is -0.540. The quantitative estimate of drug-likeness (QED) is 0.921. The number of rotatable bonds is 3. The lowest BCUT2D eigenvalue weighted by molar-refractivity contribution is 0.397. The zero-order valence-electron chi connectivity index (χ0n) is 10.0. The predicted molar refractivity (Wildman–Crippen MR) is 69.9 cm³/mol. The van der Waals surface area contributed by atoms with Crippen LogP contribution in [0.4, 0.5) is 0 Å². The normalized spacial score (nSPS) is 17.6. The summed E-state index contributed by atoms with van der Waals surface area (Å²) < 4.78 is 6.65. The van der Waals surface area contributed by atoms with Crippen molar-refractivity contribution in [2.75, 3.05) is 7.11 Å². The standard InChI is InChI=1S/C13H18BrNO/c1-8(2)10-6-9(14)7-11(12(10)16-3)13(15)4-5-13/h6-8H,4-5,15H2,1-3H3. The molecular weight excluding hydrogens is 266 g/mol. The second-order valence-corrected chi connectivity index (χ2v) is 5.80. The molecule has 0 unspecified atom stereocenters. The van der Waals surface area contributed by atoms with Crippen LogP contribution in [0.1, 0.15) is 43.7 Å². The maximum absolute atomic E-state index is 6.28. The second kappa shape index (κ2) is 4.04. The summed E-state index contributed by atoms with van der Waals surface area (Å²) in [4.78, 5) is 0. The summed E-state index contributed by atoms with van der Waals surface area (Å²) in [6.07, 6.45) is 2.11. The largest absolute Gasteiger partial charge is 0.496 e. The van der Waals surface area contributed by atoms with E-state index in [1.54, 1.807) is 7.11 Å². The average molecular weight is 284 g/mol. The molecule has 88 valence electrons.